The molecule has 1 N–H and O–H groups in total. The van der Waals surface area contributed by atoms with E-state index in [9.17, 15) is 4.39 Å². The van der Waals surface area contributed by atoms with Gasteiger partial charge >= 0.3 is 0 Å². The number of anilines is 1. The highest BCUT2D eigenvalue weighted by atomic mass is 32.5. The maximum absolute atomic E-state index is 13.4. The van der Waals surface area contributed by atoms with Crippen molar-refractivity contribution in [2.75, 3.05) is 5.09 Å². The van der Waals surface area contributed by atoms with E-state index in [1.165, 1.54) is 17.4 Å². The molecular formula is C16H22FN2O2PS2. The van der Waals surface area contributed by atoms with E-state index in [0.717, 1.165) is 11.3 Å². The molecule has 0 amide bonds. The van der Waals surface area contributed by atoms with Gasteiger partial charge < -0.3 is 9.05 Å². The second-order valence-corrected chi connectivity index (χ2v) is 9.86. The standard InChI is InChI=1S/C16H22FN2O2PS2/c1-10(2)20-22(23,21-11(3)4)19-16-18-15(9-24-16)13-6-7-14(17)12(5)8-13/h6-11H,1-5H3,(H,18,19,23). The van der Waals surface area contributed by atoms with Gasteiger partial charge in [-0.2, -0.15) is 0 Å². The minimum absolute atomic E-state index is 0.0544. The Labute approximate surface area is 151 Å². The predicted molar refractivity (Wildman–Crippen MR) is 103 cm³/mol. The van der Waals surface area contributed by atoms with Gasteiger partial charge in [0.25, 0.3) is 6.64 Å². The van der Waals surface area contributed by atoms with E-state index in [1.54, 1.807) is 19.1 Å². The first kappa shape index (κ1) is 19.5. The largest absolute Gasteiger partial charge is 0.311 e. The van der Waals surface area contributed by atoms with Gasteiger partial charge in [-0.05, 0) is 70.2 Å². The summed E-state index contributed by atoms with van der Waals surface area (Å²) in [5.74, 6) is -0.224. The summed E-state index contributed by atoms with van der Waals surface area (Å²) in [6.45, 7) is 6.73. The second-order valence-electron chi connectivity index (χ2n) is 5.92. The summed E-state index contributed by atoms with van der Waals surface area (Å²) < 4.78 is 25.0. The summed E-state index contributed by atoms with van der Waals surface area (Å²) in [6.07, 6.45) is -0.109. The SMILES string of the molecule is Cc1cc(-c2csc(NP(=S)(OC(C)C)OC(C)C)n2)ccc1F. The third kappa shape index (κ3) is 5.33. The molecule has 0 saturated heterocycles. The Balaban J connectivity index is 2.22. The summed E-state index contributed by atoms with van der Waals surface area (Å²) >= 11 is 6.99. The molecule has 1 heterocycles. The van der Waals surface area contributed by atoms with Gasteiger partial charge in [0.2, 0.25) is 0 Å². The van der Waals surface area contributed by atoms with Crippen molar-refractivity contribution in [3.05, 3.63) is 35.0 Å². The predicted octanol–water partition coefficient (Wildman–Crippen LogP) is 5.74. The van der Waals surface area contributed by atoms with Crippen LogP contribution in [0.2, 0.25) is 0 Å². The molecule has 0 atom stereocenters. The van der Waals surface area contributed by atoms with E-state index < -0.39 is 6.64 Å². The minimum atomic E-state index is -2.68. The Morgan fingerprint density at radius 1 is 1.21 bits per heavy atom. The van der Waals surface area contributed by atoms with Crippen LogP contribution in [0.1, 0.15) is 33.3 Å². The van der Waals surface area contributed by atoms with Crippen molar-refractivity contribution in [3.63, 3.8) is 0 Å². The van der Waals surface area contributed by atoms with Crippen LogP contribution in [0.25, 0.3) is 11.3 Å². The molecule has 0 unspecified atom stereocenters. The van der Waals surface area contributed by atoms with Crippen molar-refractivity contribution in [1.29, 1.82) is 0 Å². The zero-order valence-electron chi connectivity index (χ0n) is 14.4. The Bertz CT molecular complexity index is 735. The zero-order chi connectivity index (χ0) is 17.9. The maximum atomic E-state index is 13.4. The quantitative estimate of drug-likeness (QED) is 0.612. The normalized spacial score (nSPS) is 12.2. The molecule has 0 aliphatic carbocycles. The average Bonchev–Trinajstić information content (AvgIpc) is 2.87. The summed E-state index contributed by atoms with van der Waals surface area (Å²) in [4.78, 5) is 4.54. The van der Waals surface area contributed by atoms with Gasteiger partial charge in [0.15, 0.2) is 5.13 Å². The first-order valence-corrected chi connectivity index (χ1v) is 11.2. The van der Waals surface area contributed by atoms with Gasteiger partial charge in [0, 0.05) is 10.9 Å². The first-order chi connectivity index (χ1) is 11.2. The third-order valence-corrected chi connectivity index (χ3v) is 6.47. The zero-order valence-corrected chi connectivity index (χ0v) is 16.9. The molecule has 0 fully saturated rings. The Hall–Kier alpha value is -0.850. The number of halogens is 1. The van der Waals surface area contributed by atoms with Crippen LogP contribution < -0.4 is 5.09 Å². The number of nitrogens with zero attached hydrogens (tertiary/aromatic N) is 1. The second kappa shape index (κ2) is 8.02. The molecule has 8 heteroatoms. The summed E-state index contributed by atoms with van der Waals surface area (Å²) in [6, 6.07) is 4.94. The molecule has 132 valence electrons. The fourth-order valence-corrected chi connectivity index (χ4v) is 6.16. The third-order valence-electron chi connectivity index (χ3n) is 2.89. The number of rotatable bonds is 7. The number of benzene rings is 1. The maximum Gasteiger partial charge on any atom is 0.289 e. The number of hydrogen-bond acceptors (Lipinski definition) is 5. The molecule has 0 radical (unpaired) electrons. The minimum Gasteiger partial charge on any atom is -0.311 e. The Morgan fingerprint density at radius 3 is 2.38 bits per heavy atom. The van der Waals surface area contributed by atoms with E-state index in [0.29, 0.717) is 10.7 Å². The molecule has 0 saturated carbocycles. The first-order valence-electron chi connectivity index (χ1n) is 7.65. The Kier molecular flexibility index (Phi) is 6.51. The van der Waals surface area contributed by atoms with E-state index in [2.05, 4.69) is 10.1 Å². The van der Waals surface area contributed by atoms with Crippen LogP contribution in [-0.4, -0.2) is 17.2 Å². The van der Waals surface area contributed by atoms with Crippen LogP contribution in [0.5, 0.6) is 0 Å². The van der Waals surface area contributed by atoms with Crippen LogP contribution in [0.3, 0.4) is 0 Å². The van der Waals surface area contributed by atoms with E-state index in [1.807, 2.05) is 33.1 Å². The van der Waals surface area contributed by atoms with E-state index >= 15 is 0 Å². The van der Waals surface area contributed by atoms with Crippen molar-refractivity contribution in [2.24, 2.45) is 0 Å². The molecule has 2 aromatic rings. The molecule has 0 bridgehead atoms. The number of nitrogens with one attached hydrogen (secondary N) is 1. The van der Waals surface area contributed by atoms with Gasteiger partial charge in [0.1, 0.15) is 5.82 Å². The highest BCUT2D eigenvalue weighted by Gasteiger charge is 2.24. The number of aromatic nitrogens is 1. The summed E-state index contributed by atoms with van der Waals surface area (Å²) in [7, 11) is 0. The van der Waals surface area contributed by atoms with Gasteiger partial charge in [-0.1, -0.05) is 0 Å². The summed E-state index contributed by atoms with van der Waals surface area (Å²) in [5, 5.41) is 5.69. The highest BCUT2D eigenvalue weighted by Crippen LogP contribution is 2.51. The topological polar surface area (TPSA) is 43.4 Å². The van der Waals surface area contributed by atoms with Crippen molar-refractivity contribution in [3.8, 4) is 11.3 Å². The molecular weight excluding hydrogens is 366 g/mol. The molecule has 1 aromatic carbocycles. The average molecular weight is 388 g/mol. The van der Waals surface area contributed by atoms with Crippen molar-refractivity contribution >= 4 is 34.9 Å². The molecule has 4 nitrogen and oxygen atoms in total. The monoisotopic (exact) mass is 388 g/mol. The van der Waals surface area contributed by atoms with Crippen LogP contribution in [0, 0.1) is 12.7 Å². The Morgan fingerprint density at radius 2 is 1.83 bits per heavy atom. The smallest absolute Gasteiger partial charge is 0.289 e. The van der Waals surface area contributed by atoms with Crippen LogP contribution in [0.15, 0.2) is 23.6 Å². The molecule has 24 heavy (non-hydrogen) atoms. The summed E-state index contributed by atoms with van der Waals surface area (Å²) in [5.41, 5.74) is 2.22. The van der Waals surface area contributed by atoms with Gasteiger partial charge in [0.05, 0.1) is 17.9 Å². The number of aryl methyl sites for hydroxylation is 1. The van der Waals surface area contributed by atoms with Gasteiger partial charge in [-0.3, -0.25) is 5.09 Å². The van der Waals surface area contributed by atoms with Gasteiger partial charge in [-0.25, -0.2) is 9.37 Å². The van der Waals surface area contributed by atoms with Crippen LogP contribution in [-0.2, 0) is 20.9 Å². The molecule has 0 aliphatic rings. The van der Waals surface area contributed by atoms with Crippen LogP contribution in [0.4, 0.5) is 9.52 Å². The molecule has 2 rings (SSSR count). The van der Waals surface area contributed by atoms with Crippen molar-refractivity contribution in [1.82, 2.24) is 4.98 Å². The number of thiazole rings is 1. The highest BCUT2D eigenvalue weighted by molar-refractivity contribution is 8.10. The van der Waals surface area contributed by atoms with Crippen molar-refractivity contribution < 1.29 is 13.4 Å². The van der Waals surface area contributed by atoms with E-state index in [-0.39, 0.29) is 18.0 Å². The fourth-order valence-electron chi connectivity index (χ4n) is 2.01. The molecule has 0 aliphatic heterocycles. The lowest BCUT2D eigenvalue weighted by Gasteiger charge is -2.26. The lowest BCUT2D eigenvalue weighted by Crippen LogP contribution is -2.12. The lowest BCUT2D eigenvalue weighted by molar-refractivity contribution is 0.178. The van der Waals surface area contributed by atoms with Gasteiger partial charge in [-0.15, -0.1) is 11.3 Å². The molecule has 0 spiro atoms. The van der Waals surface area contributed by atoms with Crippen molar-refractivity contribution in [2.45, 2.75) is 46.8 Å². The molecule has 1 aromatic heterocycles. The lowest BCUT2D eigenvalue weighted by atomic mass is 10.1. The number of hydrogen-bond donors (Lipinski definition) is 1. The fraction of sp³-hybridized carbons (Fsp3) is 0.438. The van der Waals surface area contributed by atoms with Crippen LogP contribution >= 0.6 is 18.0 Å². The van der Waals surface area contributed by atoms with E-state index in [4.69, 9.17) is 20.9 Å².